The summed E-state index contributed by atoms with van der Waals surface area (Å²) in [7, 11) is 0. The first kappa shape index (κ1) is 11.6. The van der Waals surface area contributed by atoms with E-state index < -0.39 is 11.9 Å². The fourth-order valence-electron chi connectivity index (χ4n) is 1.79. The van der Waals surface area contributed by atoms with Gasteiger partial charge in [0.05, 0.1) is 11.8 Å². The quantitative estimate of drug-likeness (QED) is 0.615. The molecule has 0 saturated heterocycles. The Hall–Kier alpha value is -1.85. The monoisotopic (exact) mass is 237 g/mol. The lowest BCUT2D eigenvalue weighted by Crippen LogP contribution is -2.27. The van der Waals surface area contributed by atoms with Gasteiger partial charge in [-0.05, 0) is 12.8 Å². The second kappa shape index (κ2) is 4.99. The minimum atomic E-state index is -0.874. The number of carboxylic acids is 1. The van der Waals surface area contributed by atoms with E-state index in [2.05, 4.69) is 15.3 Å². The third-order valence-electron chi connectivity index (χ3n) is 2.89. The topological polar surface area (TPSA) is 95.1 Å². The number of aryl methyl sites for hydroxylation is 1. The summed E-state index contributed by atoms with van der Waals surface area (Å²) in [5.41, 5.74) is 0. The van der Waals surface area contributed by atoms with Gasteiger partial charge in [0.25, 0.3) is 0 Å². The van der Waals surface area contributed by atoms with Gasteiger partial charge >= 0.3 is 5.97 Å². The molecule has 3 N–H and O–H groups in total. The molecule has 0 aliphatic heterocycles. The van der Waals surface area contributed by atoms with Crippen LogP contribution in [-0.2, 0) is 16.0 Å². The minimum absolute atomic E-state index is 0.142. The number of nitrogens with zero attached hydrogens (tertiary/aromatic N) is 1. The van der Waals surface area contributed by atoms with E-state index in [-0.39, 0.29) is 11.8 Å². The Kier molecular flexibility index (Phi) is 3.41. The zero-order valence-electron chi connectivity index (χ0n) is 9.35. The summed E-state index contributed by atoms with van der Waals surface area (Å²) >= 11 is 0. The molecular formula is C11H15N3O3. The van der Waals surface area contributed by atoms with Crippen molar-refractivity contribution >= 4 is 11.9 Å². The highest BCUT2D eigenvalue weighted by atomic mass is 16.4. The Morgan fingerprint density at radius 3 is 2.94 bits per heavy atom. The number of aliphatic carboxylic acids is 1. The van der Waals surface area contributed by atoms with Crippen LogP contribution in [-0.4, -0.2) is 33.5 Å². The van der Waals surface area contributed by atoms with Gasteiger partial charge in [-0.2, -0.15) is 0 Å². The number of carboxylic acid groups (broad SMARTS) is 1. The molecule has 1 heterocycles. The van der Waals surface area contributed by atoms with Gasteiger partial charge in [0.15, 0.2) is 0 Å². The van der Waals surface area contributed by atoms with Gasteiger partial charge in [-0.1, -0.05) is 0 Å². The molecule has 0 radical (unpaired) electrons. The van der Waals surface area contributed by atoms with Crippen LogP contribution in [0.15, 0.2) is 12.4 Å². The van der Waals surface area contributed by atoms with Gasteiger partial charge < -0.3 is 15.4 Å². The maximum atomic E-state index is 11.5. The summed E-state index contributed by atoms with van der Waals surface area (Å²) in [4.78, 5) is 29.1. The van der Waals surface area contributed by atoms with E-state index in [0.29, 0.717) is 13.0 Å². The van der Waals surface area contributed by atoms with E-state index >= 15 is 0 Å². The largest absolute Gasteiger partial charge is 0.481 e. The number of rotatable bonds is 6. The second-order valence-electron chi connectivity index (χ2n) is 4.22. The summed E-state index contributed by atoms with van der Waals surface area (Å²) in [5.74, 6) is -0.914. The Morgan fingerprint density at radius 1 is 1.53 bits per heavy atom. The van der Waals surface area contributed by atoms with Crippen LogP contribution in [0.1, 0.15) is 18.7 Å². The van der Waals surface area contributed by atoms with Crippen molar-refractivity contribution in [3.63, 3.8) is 0 Å². The average Bonchev–Trinajstić information content (AvgIpc) is 2.95. The summed E-state index contributed by atoms with van der Waals surface area (Å²) in [5, 5.41) is 11.4. The van der Waals surface area contributed by atoms with E-state index in [4.69, 9.17) is 5.11 Å². The summed E-state index contributed by atoms with van der Waals surface area (Å²) in [6.07, 6.45) is 5.49. The molecule has 1 saturated carbocycles. The van der Waals surface area contributed by atoms with E-state index in [0.717, 1.165) is 18.7 Å². The summed E-state index contributed by atoms with van der Waals surface area (Å²) in [6.45, 7) is 0.558. The normalized spacial score (nSPS) is 22.1. The zero-order valence-corrected chi connectivity index (χ0v) is 9.35. The molecule has 0 aromatic carbocycles. The predicted octanol–water partition coefficient (Wildman–Crippen LogP) is 0.179. The van der Waals surface area contributed by atoms with Crippen molar-refractivity contribution in [3.8, 4) is 0 Å². The van der Waals surface area contributed by atoms with Gasteiger partial charge in [0.1, 0.15) is 5.82 Å². The molecule has 17 heavy (non-hydrogen) atoms. The molecule has 0 spiro atoms. The molecule has 92 valence electrons. The first-order valence-electron chi connectivity index (χ1n) is 5.67. The Labute approximate surface area is 98.4 Å². The van der Waals surface area contributed by atoms with Crippen LogP contribution in [0.2, 0.25) is 0 Å². The van der Waals surface area contributed by atoms with E-state index in [1.54, 1.807) is 12.4 Å². The van der Waals surface area contributed by atoms with Crippen LogP contribution in [0.3, 0.4) is 0 Å². The second-order valence-corrected chi connectivity index (χ2v) is 4.22. The number of hydrogen-bond donors (Lipinski definition) is 3. The van der Waals surface area contributed by atoms with Crippen LogP contribution < -0.4 is 5.32 Å². The average molecular weight is 237 g/mol. The number of H-pyrrole nitrogens is 1. The van der Waals surface area contributed by atoms with Crippen LogP contribution in [0.4, 0.5) is 0 Å². The van der Waals surface area contributed by atoms with Crippen LogP contribution >= 0.6 is 0 Å². The number of hydrogen-bond acceptors (Lipinski definition) is 3. The SMILES string of the molecule is O=C(O)C1CC1C(=O)NCCCc1ncc[nH]1. The number of amides is 1. The molecule has 1 fully saturated rings. The van der Waals surface area contributed by atoms with E-state index in [1.807, 2.05) is 0 Å². The fourth-order valence-corrected chi connectivity index (χ4v) is 1.79. The predicted molar refractivity (Wildman–Crippen MR) is 59.2 cm³/mol. The van der Waals surface area contributed by atoms with Gasteiger partial charge in [0, 0.05) is 25.4 Å². The molecule has 1 aromatic rings. The molecule has 2 rings (SSSR count). The third-order valence-corrected chi connectivity index (χ3v) is 2.89. The summed E-state index contributed by atoms with van der Waals surface area (Å²) in [6, 6.07) is 0. The first-order valence-corrected chi connectivity index (χ1v) is 5.67. The van der Waals surface area contributed by atoms with Crippen molar-refractivity contribution in [1.29, 1.82) is 0 Å². The lowest BCUT2D eigenvalue weighted by Gasteiger charge is -2.03. The lowest BCUT2D eigenvalue weighted by atomic mass is 10.2. The highest BCUT2D eigenvalue weighted by molar-refractivity contribution is 5.89. The zero-order chi connectivity index (χ0) is 12.3. The minimum Gasteiger partial charge on any atom is -0.481 e. The number of aromatic nitrogens is 2. The van der Waals surface area contributed by atoms with Crippen LogP contribution in [0.25, 0.3) is 0 Å². The maximum Gasteiger partial charge on any atom is 0.307 e. The molecule has 2 unspecified atom stereocenters. The molecule has 1 aromatic heterocycles. The van der Waals surface area contributed by atoms with E-state index in [9.17, 15) is 9.59 Å². The fraction of sp³-hybridized carbons (Fsp3) is 0.545. The summed E-state index contributed by atoms with van der Waals surface area (Å²) < 4.78 is 0. The lowest BCUT2D eigenvalue weighted by molar-refractivity contribution is -0.140. The van der Waals surface area contributed by atoms with Crippen LogP contribution in [0, 0.1) is 11.8 Å². The molecule has 1 aliphatic rings. The van der Waals surface area contributed by atoms with Gasteiger partial charge in [-0.3, -0.25) is 9.59 Å². The standard InChI is InChI=1S/C11H15N3O3/c15-10(7-6-8(7)11(16)17)14-3-1-2-9-12-4-5-13-9/h4-5,7-8H,1-3,6H2,(H,12,13)(H,14,15)(H,16,17). The van der Waals surface area contributed by atoms with Crippen molar-refractivity contribution in [2.45, 2.75) is 19.3 Å². The number of aromatic amines is 1. The molecule has 1 aliphatic carbocycles. The first-order chi connectivity index (χ1) is 8.18. The number of imidazole rings is 1. The van der Waals surface area contributed by atoms with Gasteiger partial charge in [-0.15, -0.1) is 0 Å². The maximum absolute atomic E-state index is 11.5. The highest BCUT2D eigenvalue weighted by Crippen LogP contribution is 2.38. The molecule has 6 nitrogen and oxygen atoms in total. The smallest absolute Gasteiger partial charge is 0.307 e. The van der Waals surface area contributed by atoms with Crippen molar-refractivity contribution in [3.05, 3.63) is 18.2 Å². The number of carbonyl (C=O) groups excluding carboxylic acids is 1. The molecule has 0 bridgehead atoms. The van der Waals surface area contributed by atoms with Gasteiger partial charge in [0.2, 0.25) is 5.91 Å². The van der Waals surface area contributed by atoms with Crippen molar-refractivity contribution < 1.29 is 14.7 Å². The Morgan fingerprint density at radius 2 is 2.35 bits per heavy atom. The van der Waals surface area contributed by atoms with E-state index in [1.165, 1.54) is 0 Å². The van der Waals surface area contributed by atoms with Crippen molar-refractivity contribution in [1.82, 2.24) is 15.3 Å². The number of nitrogens with one attached hydrogen (secondary N) is 2. The molecular weight excluding hydrogens is 222 g/mol. The Bertz CT molecular complexity index is 402. The molecule has 6 heteroatoms. The molecule has 1 amide bonds. The van der Waals surface area contributed by atoms with Gasteiger partial charge in [-0.25, -0.2) is 4.98 Å². The van der Waals surface area contributed by atoms with Crippen molar-refractivity contribution in [2.24, 2.45) is 11.8 Å². The van der Waals surface area contributed by atoms with Crippen molar-refractivity contribution in [2.75, 3.05) is 6.54 Å². The third kappa shape index (κ3) is 3.05. The highest BCUT2D eigenvalue weighted by Gasteiger charge is 2.48. The Balaban J connectivity index is 1.60. The molecule has 2 atom stereocenters. The number of carbonyl (C=O) groups is 2. The van der Waals surface area contributed by atoms with Crippen LogP contribution in [0.5, 0.6) is 0 Å².